The van der Waals surface area contributed by atoms with Gasteiger partial charge in [-0.25, -0.2) is 9.97 Å². The van der Waals surface area contributed by atoms with Gasteiger partial charge in [-0.15, -0.1) is 11.3 Å². The molecule has 1 aliphatic rings. The average Bonchev–Trinajstić information content (AvgIpc) is 3.16. The van der Waals surface area contributed by atoms with E-state index in [1.807, 2.05) is 0 Å². The third-order valence-corrected chi connectivity index (χ3v) is 4.95. The Kier molecular flexibility index (Phi) is 2.85. The van der Waals surface area contributed by atoms with Gasteiger partial charge in [-0.2, -0.15) is 5.10 Å². The molecule has 1 unspecified atom stereocenters. The highest BCUT2D eigenvalue weighted by Crippen LogP contribution is 2.37. The Morgan fingerprint density at radius 1 is 1.20 bits per heavy atom. The second kappa shape index (κ2) is 4.83. The van der Waals surface area contributed by atoms with Gasteiger partial charge in [0.15, 0.2) is 10.8 Å². The van der Waals surface area contributed by atoms with Gasteiger partial charge in [0, 0.05) is 4.88 Å². The van der Waals surface area contributed by atoms with Gasteiger partial charge >= 0.3 is 0 Å². The molecule has 4 nitrogen and oxygen atoms in total. The van der Waals surface area contributed by atoms with Crippen LogP contribution in [0.3, 0.4) is 0 Å². The van der Waals surface area contributed by atoms with E-state index in [1.165, 1.54) is 28.9 Å². The number of hydrogen-bond donors (Lipinski definition) is 1. The lowest BCUT2D eigenvalue weighted by molar-refractivity contribution is 0.584. The average molecular weight is 282 g/mol. The minimum atomic E-state index is 0.617. The number of aryl methyl sites for hydroxylation is 1. The van der Waals surface area contributed by atoms with Gasteiger partial charge < -0.3 is 0 Å². The molecule has 2 heterocycles. The van der Waals surface area contributed by atoms with Crippen LogP contribution < -0.4 is 0 Å². The van der Waals surface area contributed by atoms with Crippen molar-refractivity contribution >= 4 is 11.3 Å². The van der Waals surface area contributed by atoms with Gasteiger partial charge in [-0.05, 0) is 30.7 Å². The minimum absolute atomic E-state index is 0.617. The first-order chi connectivity index (χ1) is 9.90. The Morgan fingerprint density at radius 2 is 2.10 bits per heavy atom. The molecule has 0 spiro atoms. The van der Waals surface area contributed by atoms with Crippen LogP contribution in [-0.2, 0) is 12.8 Å². The highest BCUT2D eigenvalue weighted by atomic mass is 32.1. The van der Waals surface area contributed by atoms with Crippen molar-refractivity contribution in [1.29, 1.82) is 0 Å². The number of fused-ring (bicyclic) bond motifs is 1. The van der Waals surface area contributed by atoms with Crippen molar-refractivity contribution < 1.29 is 0 Å². The van der Waals surface area contributed by atoms with Crippen LogP contribution in [0.1, 0.15) is 28.5 Å². The van der Waals surface area contributed by atoms with Crippen LogP contribution in [0.25, 0.3) is 10.8 Å². The normalized spacial score (nSPS) is 17.9. The van der Waals surface area contributed by atoms with Gasteiger partial charge in [0.1, 0.15) is 6.33 Å². The van der Waals surface area contributed by atoms with Crippen molar-refractivity contribution in [3.8, 4) is 10.8 Å². The van der Waals surface area contributed by atoms with Crippen LogP contribution in [0.2, 0.25) is 0 Å². The van der Waals surface area contributed by atoms with Crippen LogP contribution in [0.4, 0.5) is 0 Å². The molecule has 0 saturated heterocycles. The molecule has 3 aromatic rings. The summed E-state index contributed by atoms with van der Waals surface area (Å²) in [6.45, 7) is 0. The first-order valence-corrected chi connectivity index (χ1v) is 7.61. The molecular formula is C15H14N4S. The molecular weight excluding hydrogens is 268 g/mol. The van der Waals surface area contributed by atoms with E-state index in [-0.39, 0.29) is 0 Å². The third kappa shape index (κ3) is 2.04. The summed E-state index contributed by atoms with van der Waals surface area (Å²) >= 11 is 1.75. The molecule has 0 fully saturated rings. The largest absolute Gasteiger partial charge is 0.257 e. The van der Waals surface area contributed by atoms with Crippen molar-refractivity contribution in [2.45, 2.75) is 25.2 Å². The molecule has 1 aliphatic carbocycles. The lowest BCUT2D eigenvalue weighted by atomic mass is 9.85. The number of benzene rings is 1. The van der Waals surface area contributed by atoms with E-state index in [0.717, 1.165) is 23.7 Å². The minimum Gasteiger partial charge on any atom is -0.257 e. The fourth-order valence-corrected chi connectivity index (χ4v) is 3.93. The summed E-state index contributed by atoms with van der Waals surface area (Å²) in [6, 6.07) is 10.8. The van der Waals surface area contributed by atoms with E-state index in [0.29, 0.717) is 5.92 Å². The van der Waals surface area contributed by atoms with Crippen molar-refractivity contribution in [2.75, 3.05) is 0 Å². The monoisotopic (exact) mass is 282 g/mol. The van der Waals surface area contributed by atoms with Crippen LogP contribution in [-0.4, -0.2) is 20.2 Å². The molecule has 4 rings (SSSR count). The van der Waals surface area contributed by atoms with Crippen molar-refractivity contribution in [3.63, 3.8) is 0 Å². The molecule has 1 aromatic carbocycles. The van der Waals surface area contributed by atoms with E-state index in [4.69, 9.17) is 4.98 Å². The van der Waals surface area contributed by atoms with Gasteiger partial charge in [0.25, 0.3) is 0 Å². The Balaban J connectivity index is 1.63. The lowest BCUT2D eigenvalue weighted by Gasteiger charge is -2.21. The van der Waals surface area contributed by atoms with E-state index < -0.39 is 0 Å². The highest BCUT2D eigenvalue weighted by Gasteiger charge is 2.24. The Morgan fingerprint density at radius 3 is 2.90 bits per heavy atom. The molecule has 1 N–H and O–H groups in total. The fourth-order valence-electron chi connectivity index (χ4n) is 2.79. The van der Waals surface area contributed by atoms with Crippen molar-refractivity contribution in [1.82, 2.24) is 20.2 Å². The smallest absolute Gasteiger partial charge is 0.184 e. The zero-order valence-electron chi connectivity index (χ0n) is 10.9. The van der Waals surface area contributed by atoms with Gasteiger partial charge in [0.05, 0.1) is 5.69 Å². The highest BCUT2D eigenvalue weighted by molar-refractivity contribution is 7.15. The molecule has 2 aromatic heterocycles. The molecule has 0 saturated carbocycles. The Bertz CT molecular complexity index is 703. The lowest BCUT2D eigenvalue weighted by Crippen LogP contribution is -2.11. The molecule has 0 radical (unpaired) electrons. The van der Waals surface area contributed by atoms with Crippen LogP contribution in [0, 0.1) is 0 Å². The SMILES string of the molecule is c1ccc(C2CCc3nc(-c4ncn[nH]4)sc3C2)cc1. The summed E-state index contributed by atoms with van der Waals surface area (Å²) < 4.78 is 0. The van der Waals surface area contributed by atoms with Gasteiger partial charge in [0.2, 0.25) is 0 Å². The maximum Gasteiger partial charge on any atom is 0.184 e. The number of aromatic nitrogens is 4. The number of nitrogens with one attached hydrogen (secondary N) is 1. The predicted octanol–water partition coefficient (Wildman–Crippen LogP) is 3.20. The van der Waals surface area contributed by atoms with Crippen molar-refractivity contribution in [2.24, 2.45) is 0 Å². The molecule has 0 amide bonds. The van der Waals surface area contributed by atoms with Crippen LogP contribution >= 0.6 is 11.3 Å². The Hall–Kier alpha value is -2.01. The summed E-state index contributed by atoms with van der Waals surface area (Å²) in [5.41, 5.74) is 2.68. The molecule has 1 atom stereocenters. The molecule has 0 bridgehead atoms. The summed E-state index contributed by atoms with van der Waals surface area (Å²) in [7, 11) is 0. The first-order valence-electron chi connectivity index (χ1n) is 6.79. The quantitative estimate of drug-likeness (QED) is 0.785. The van der Waals surface area contributed by atoms with E-state index in [1.54, 1.807) is 11.3 Å². The molecule has 5 heteroatoms. The second-order valence-corrected chi connectivity index (χ2v) is 6.16. The Labute approximate surface area is 120 Å². The number of aromatic amines is 1. The third-order valence-electron chi connectivity index (χ3n) is 3.83. The zero-order chi connectivity index (χ0) is 13.4. The van der Waals surface area contributed by atoms with Crippen LogP contribution in [0.5, 0.6) is 0 Å². The second-order valence-electron chi connectivity index (χ2n) is 5.07. The summed E-state index contributed by atoms with van der Waals surface area (Å²) in [4.78, 5) is 10.3. The van der Waals surface area contributed by atoms with Gasteiger partial charge in [-0.3, -0.25) is 5.10 Å². The fraction of sp³-hybridized carbons (Fsp3) is 0.267. The summed E-state index contributed by atoms with van der Waals surface area (Å²) in [6.07, 6.45) is 4.85. The van der Waals surface area contributed by atoms with Crippen LogP contribution in [0.15, 0.2) is 36.7 Å². The first kappa shape index (κ1) is 11.8. The molecule has 0 aliphatic heterocycles. The number of hydrogen-bond acceptors (Lipinski definition) is 4. The number of H-pyrrole nitrogens is 1. The summed E-state index contributed by atoms with van der Waals surface area (Å²) in [5, 5.41) is 7.75. The van der Waals surface area contributed by atoms with E-state index >= 15 is 0 Å². The van der Waals surface area contributed by atoms with Gasteiger partial charge in [-0.1, -0.05) is 30.3 Å². The maximum atomic E-state index is 4.71. The number of nitrogens with zero attached hydrogens (tertiary/aromatic N) is 3. The summed E-state index contributed by atoms with van der Waals surface area (Å²) in [5.74, 6) is 1.40. The topological polar surface area (TPSA) is 54.5 Å². The van der Waals surface area contributed by atoms with E-state index in [2.05, 4.69) is 45.5 Å². The number of thiazole rings is 1. The predicted molar refractivity (Wildman–Crippen MR) is 78.7 cm³/mol. The standard InChI is InChI=1S/C15H14N4S/c1-2-4-10(5-3-1)11-6-7-12-13(8-11)20-15(18-12)14-16-9-17-19-14/h1-5,9,11H,6-8H2,(H,16,17,19). The van der Waals surface area contributed by atoms with Crippen molar-refractivity contribution in [3.05, 3.63) is 52.8 Å². The zero-order valence-corrected chi connectivity index (χ0v) is 11.7. The number of rotatable bonds is 2. The molecule has 100 valence electrons. The molecule has 20 heavy (non-hydrogen) atoms. The van der Waals surface area contributed by atoms with E-state index in [9.17, 15) is 0 Å². The maximum absolute atomic E-state index is 4.71.